The molecule has 31 heavy (non-hydrogen) atoms. The van der Waals surface area contributed by atoms with Crippen LogP contribution in [-0.4, -0.2) is 40.5 Å². The number of benzene rings is 3. The summed E-state index contributed by atoms with van der Waals surface area (Å²) < 4.78 is 38.0. The first-order valence-corrected chi connectivity index (χ1v) is 11.0. The number of sulfonamides is 1. The Hall–Kier alpha value is -3.52. The molecule has 0 fully saturated rings. The van der Waals surface area contributed by atoms with E-state index < -0.39 is 10.0 Å². The molecular weight excluding hydrogens is 416 g/mol. The smallest absolute Gasteiger partial charge is 0.261 e. The zero-order valence-electron chi connectivity index (χ0n) is 17.5. The van der Waals surface area contributed by atoms with Gasteiger partial charge in [-0.25, -0.2) is 8.42 Å². The van der Waals surface area contributed by atoms with E-state index in [9.17, 15) is 13.2 Å². The molecule has 3 rings (SSSR count). The van der Waals surface area contributed by atoms with Crippen LogP contribution in [0.15, 0.2) is 77.7 Å². The topological polar surface area (TPSA) is 84.9 Å². The van der Waals surface area contributed by atoms with Crippen molar-refractivity contribution in [3.05, 3.63) is 83.9 Å². The van der Waals surface area contributed by atoms with Gasteiger partial charge >= 0.3 is 0 Å². The van der Waals surface area contributed by atoms with Crippen LogP contribution in [0.5, 0.6) is 11.5 Å². The van der Waals surface area contributed by atoms with Crippen molar-refractivity contribution in [3.8, 4) is 11.5 Å². The number of carbonyl (C=O) groups is 1. The maximum Gasteiger partial charge on any atom is 0.261 e. The Morgan fingerprint density at radius 3 is 2.23 bits per heavy atom. The molecule has 1 N–H and O–H groups in total. The summed E-state index contributed by atoms with van der Waals surface area (Å²) in [5.41, 5.74) is 1.62. The Bertz CT molecular complexity index is 1150. The SMILES string of the molecule is COc1ccc(OC)c(CN(C)C(=O)c2ccc(NS(=O)(=O)c3ccccc3)cc2)c1. The summed E-state index contributed by atoms with van der Waals surface area (Å²) in [6, 6.07) is 19.8. The number of ether oxygens (including phenoxy) is 2. The Labute approximate surface area is 182 Å². The van der Waals surface area contributed by atoms with Crippen LogP contribution in [0.2, 0.25) is 0 Å². The molecule has 0 aliphatic heterocycles. The third-order valence-corrected chi connectivity index (χ3v) is 6.08. The maximum atomic E-state index is 12.8. The lowest BCUT2D eigenvalue weighted by Gasteiger charge is -2.19. The monoisotopic (exact) mass is 440 g/mol. The molecule has 0 saturated carbocycles. The van der Waals surface area contributed by atoms with E-state index in [2.05, 4.69) is 4.72 Å². The first-order chi connectivity index (χ1) is 14.8. The van der Waals surface area contributed by atoms with Crippen LogP contribution in [0.25, 0.3) is 0 Å². The minimum absolute atomic E-state index is 0.169. The summed E-state index contributed by atoms with van der Waals surface area (Å²) in [4.78, 5) is 14.6. The summed E-state index contributed by atoms with van der Waals surface area (Å²) in [5.74, 6) is 1.13. The lowest BCUT2D eigenvalue weighted by Crippen LogP contribution is -2.26. The second kappa shape index (κ2) is 9.53. The molecular formula is C23H24N2O5S. The Morgan fingerprint density at radius 2 is 1.61 bits per heavy atom. The highest BCUT2D eigenvalue weighted by atomic mass is 32.2. The largest absolute Gasteiger partial charge is 0.497 e. The van der Waals surface area contributed by atoms with Crippen molar-refractivity contribution >= 4 is 21.6 Å². The minimum atomic E-state index is -3.69. The second-order valence-electron chi connectivity index (χ2n) is 6.83. The summed E-state index contributed by atoms with van der Waals surface area (Å²) in [7, 11) is 1.15. The van der Waals surface area contributed by atoms with E-state index >= 15 is 0 Å². The number of nitrogens with one attached hydrogen (secondary N) is 1. The van der Waals surface area contributed by atoms with Gasteiger partial charge in [-0.1, -0.05) is 18.2 Å². The number of methoxy groups -OCH3 is 2. The normalized spacial score (nSPS) is 10.9. The molecule has 8 heteroatoms. The standard InChI is InChI=1S/C23H24N2O5S/c1-25(16-18-15-20(29-2)13-14-22(18)30-3)23(26)17-9-11-19(12-10-17)24-31(27,28)21-7-5-4-6-8-21/h4-15,24H,16H2,1-3H3. The molecule has 0 unspecified atom stereocenters. The first kappa shape index (κ1) is 22.2. The molecule has 0 aromatic heterocycles. The average molecular weight is 441 g/mol. The van der Waals surface area contributed by atoms with Gasteiger partial charge in [0.05, 0.1) is 19.1 Å². The van der Waals surface area contributed by atoms with Crippen LogP contribution in [0.4, 0.5) is 5.69 Å². The number of carbonyl (C=O) groups excluding carboxylic acids is 1. The van der Waals surface area contributed by atoms with Crippen LogP contribution < -0.4 is 14.2 Å². The van der Waals surface area contributed by atoms with Gasteiger partial charge in [-0.3, -0.25) is 9.52 Å². The highest BCUT2D eigenvalue weighted by molar-refractivity contribution is 7.92. The molecule has 1 amide bonds. The van der Waals surface area contributed by atoms with Gasteiger partial charge in [0.15, 0.2) is 0 Å². The van der Waals surface area contributed by atoms with Gasteiger partial charge in [0.25, 0.3) is 15.9 Å². The van der Waals surface area contributed by atoms with Crippen molar-refractivity contribution in [2.45, 2.75) is 11.4 Å². The summed E-state index contributed by atoms with van der Waals surface area (Å²) in [5, 5.41) is 0. The van der Waals surface area contributed by atoms with Gasteiger partial charge < -0.3 is 14.4 Å². The van der Waals surface area contributed by atoms with Crippen LogP contribution in [0.1, 0.15) is 15.9 Å². The van der Waals surface area contributed by atoms with Crippen LogP contribution >= 0.6 is 0 Å². The van der Waals surface area contributed by atoms with Gasteiger partial charge in [-0.15, -0.1) is 0 Å². The molecule has 0 aliphatic rings. The van der Waals surface area contributed by atoms with Gasteiger partial charge in [0.2, 0.25) is 0 Å². The van der Waals surface area contributed by atoms with Crippen molar-refractivity contribution in [1.29, 1.82) is 0 Å². The Morgan fingerprint density at radius 1 is 0.935 bits per heavy atom. The fraction of sp³-hybridized carbons (Fsp3) is 0.174. The van der Waals surface area contributed by atoms with E-state index in [0.29, 0.717) is 29.3 Å². The summed E-state index contributed by atoms with van der Waals surface area (Å²) in [6.07, 6.45) is 0. The molecule has 0 bridgehead atoms. The number of nitrogens with zero attached hydrogens (tertiary/aromatic N) is 1. The van der Waals surface area contributed by atoms with Crippen LogP contribution in [-0.2, 0) is 16.6 Å². The van der Waals surface area contributed by atoms with Gasteiger partial charge in [-0.2, -0.15) is 0 Å². The van der Waals surface area contributed by atoms with Crippen molar-refractivity contribution < 1.29 is 22.7 Å². The Kier molecular flexibility index (Phi) is 6.81. The number of rotatable bonds is 8. The quantitative estimate of drug-likeness (QED) is 0.576. The van der Waals surface area contributed by atoms with E-state index in [0.717, 1.165) is 5.56 Å². The third-order valence-electron chi connectivity index (χ3n) is 4.68. The van der Waals surface area contributed by atoms with E-state index in [1.54, 1.807) is 80.8 Å². The maximum absolute atomic E-state index is 12.8. The third kappa shape index (κ3) is 5.35. The second-order valence-corrected chi connectivity index (χ2v) is 8.52. The van der Waals surface area contributed by atoms with Crippen LogP contribution in [0.3, 0.4) is 0 Å². The molecule has 3 aromatic carbocycles. The van der Waals surface area contributed by atoms with Crippen molar-refractivity contribution in [2.75, 3.05) is 26.0 Å². The molecule has 0 atom stereocenters. The number of hydrogen-bond acceptors (Lipinski definition) is 5. The van der Waals surface area contributed by atoms with Crippen molar-refractivity contribution in [1.82, 2.24) is 4.90 Å². The highest BCUT2D eigenvalue weighted by Crippen LogP contribution is 2.25. The highest BCUT2D eigenvalue weighted by Gasteiger charge is 2.17. The molecule has 162 valence electrons. The fourth-order valence-electron chi connectivity index (χ4n) is 3.05. The first-order valence-electron chi connectivity index (χ1n) is 9.48. The molecule has 3 aromatic rings. The predicted octanol–water partition coefficient (Wildman–Crippen LogP) is 3.78. The fourth-order valence-corrected chi connectivity index (χ4v) is 4.13. The zero-order valence-corrected chi connectivity index (χ0v) is 18.3. The predicted molar refractivity (Wildman–Crippen MR) is 119 cm³/mol. The van der Waals surface area contributed by atoms with Gasteiger partial charge in [-0.05, 0) is 54.6 Å². The molecule has 0 radical (unpaired) electrons. The lowest BCUT2D eigenvalue weighted by molar-refractivity contribution is 0.0784. The number of hydrogen-bond donors (Lipinski definition) is 1. The van der Waals surface area contributed by atoms with Gasteiger partial charge in [0.1, 0.15) is 11.5 Å². The van der Waals surface area contributed by atoms with E-state index in [-0.39, 0.29) is 10.8 Å². The van der Waals surface area contributed by atoms with E-state index in [1.165, 1.54) is 12.1 Å². The van der Waals surface area contributed by atoms with Gasteiger partial charge in [0, 0.05) is 30.4 Å². The summed E-state index contributed by atoms with van der Waals surface area (Å²) in [6.45, 7) is 0.321. The van der Waals surface area contributed by atoms with Crippen LogP contribution in [0, 0.1) is 0 Å². The lowest BCUT2D eigenvalue weighted by atomic mass is 10.1. The van der Waals surface area contributed by atoms with E-state index in [4.69, 9.17) is 9.47 Å². The molecule has 0 spiro atoms. The Balaban J connectivity index is 1.72. The van der Waals surface area contributed by atoms with Crippen molar-refractivity contribution in [2.24, 2.45) is 0 Å². The molecule has 0 saturated heterocycles. The number of amides is 1. The molecule has 7 nitrogen and oxygen atoms in total. The number of anilines is 1. The molecule has 0 aliphatic carbocycles. The average Bonchev–Trinajstić information content (AvgIpc) is 2.79. The van der Waals surface area contributed by atoms with Crippen molar-refractivity contribution in [3.63, 3.8) is 0 Å². The zero-order chi connectivity index (χ0) is 22.4. The van der Waals surface area contributed by atoms with E-state index in [1.807, 2.05) is 6.07 Å². The molecule has 0 heterocycles. The summed E-state index contributed by atoms with van der Waals surface area (Å²) >= 11 is 0. The minimum Gasteiger partial charge on any atom is -0.497 e.